The van der Waals surface area contributed by atoms with Crippen molar-refractivity contribution in [1.29, 1.82) is 0 Å². The van der Waals surface area contributed by atoms with Gasteiger partial charge in [0.1, 0.15) is 29.2 Å². The predicted octanol–water partition coefficient (Wildman–Crippen LogP) is 7.19. The van der Waals surface area contributed by atoms with Crippen molar-refractivity contribution in [2.45, 2.75) is 101 Å². The van der Waals surface area contributed by atoms with Crippen LogP contribution < -0.4 is 10.4 Å². The smallest absolute Gasteiger partial charge is 0.411 e. The molecule has 4 atom stereocenters. The van der Waals surface area contributed by atoms with Crippen molar-refractivity contribution in [1.82, 2.24) is 9.21 Å². The molecule has 0 bridgehead atoms. The van der Waals surface area contributed by atoms with Crippen LogP contribution in [0.5, 0.6) is 0 Å². The number of carbonyl (C=O) groups is 2. The minimum Gasteiger partial charge on any atom is -0.467 e. The number of rotatable bonds is 10. The van der Waals surface area contributed by atoms with Gasteiger partial charge in [0.15, 0.2) is 0 Å². The average molecular weight is 799 g/mol. The fraction of sp³-hybridized carbons (Fsp3) is 0.455. The van der Waals surface area contributed by atoms with Crippen LogP contribution in [0.4, 0.5) is 4.79 Å². The summed E-state index contributed by atoms with van der Waals surface area (Å²) in [5.74, 6) is 0.624. The van der Waals surface area contributed by atoms with Gasteiger partial charge in [0, 0.05) is 31.5 Å². The SMILES string of the molecule is COC(=O)[C@H]1C[C@]23CN(S(=O)(=O)c4ccccc4)CC[C@H]2c2cc(CCCO[Si](c4ccccc4)(c4ccccc4)C(C)(C)C)oc2[C@@H]3N1C(=O)OC(C)(C)C. The molecule has 1 spiro atoms. The quantitative estimate of drug-likeness (QED) is 0.0942. The number of fused-ring (bicyclic) bond motifs is 3. The van der Waals surface area contributed by atoms with E-state index in [0.717, 1.165) is 11.3 Å². The largest absolute Gasteiger partial charge is 0.467 e. The van der Waals surface area contributed by atoms with Crippen LogP contribution in [0.3, 0.4) is 0 Å². The van der Waals surface area contributed by atoms with E-state index in [9.17, 15) is 18.0 Å². The van der Waals surface area contributed by atoms with E-state index in [1.807, 2.05) is 12.1 Å². The van der Waals surface area contributed by atoms with Crippen LogP contribution >= 0.6 is 0 Å². The third-order valence-corrected chi connectivity index (χ3v) is 18.7. The van der Waals surface area contributed by atoms with Crippen molar-refractivity contribution < 1.29 is 36.3 Å². The minimum absolute atomic E-state index is 0.109. The van der Waals surface area contributed by atoms with Crippen molar-refractivity contribution in [3.63, 3.8) is 0 Å². The summed E-state index contributed by atoms with van der Waals surface area (Å²) in [5.41, 5.74) is -0.718. The van der Waals surface area contributed by atoms with Gasteiger partial charge in [-0.1, -0.05) is 99.6 Å². The van der Waals surface area contributed by atoms with Gasteiger partial charge in [-0.25, -0.2) is 18.0 Å². The number of hydrogen-bond acceptors (Lipinski definition) is 8. The number of ether oxygens (including phenoxy) is 2. The zero-order valence-corrected chi connectivity index (χ0v) is 35.3. The highest BCUT2D eigenvalue weighted by Gasteiger charge is 2.68. The van der Waals surface area contributed by atoms with E-state index in [4.69, 9.17) is 18.3 Å². The molecule has 0 N–H and O–H groups in total. The molecule has 2 saturated heterocycles. The Balaban J connectivity index is 1.21. The molecule has 2 fully saturated rings. The van der Waals surface area contributed by atoms with Crippen LogP contribution in [0.1, 0.15) is 89.8 Å². The van der Waals surface area contributed by atoms with E-state index in [-0.39, 0.29) is 35.4 Å². The summed E-state index contributed by atoms with van der Waals surface area (Å²) in [4.78, 5) is 29.3. The zero-order chi connectivity index (χ0) is 40.1. The molecule has 3 heterocycles. The van der Waals surface area contributed by atoms with E-state index in [1.165, 1.54) is 26.7 Å². The van der Waals surface area contributed by atoms with Crippen molar-refractivity contribution in [3.05, 3.63) is 114 Å². The molecular formula is C44H54N2O8SSi. The molecule has 1 aliphatic carbocycles. The molecule has 56 heavy (non-hydrogen) atoms. The lowest BCUT2D eigenvalue weighted by Crippen LogP contribution is -2.66. The van der Waals surface area contributed by atoms with E-state index in [2.05, 4.69) is 75.4 Å². The van der Waals surface area contributed by atoms with E-state index < -0.39 is 53.5 Å². The van der Waals surface area contributed by atoms with Crippen LogP contribution in [0.25, 0.3) is 0 Å². The number of esters is 1. The summed E-state index contributed by atoms with van der Waals surface area (Å²) in [6.07, 6.45) is 1.34. The van der Waals surface area contributed by atoms with Gasteiger partial charge in [0.05, 0.1) is 12.0 Å². The molecule has 3 aromatic carbocycles. The standard InChI is InChI=1S/C44H54N2O8SSi/c1-42(2,3)54-41(48)46-37(40(47)51-7)29-44-30-45(55(49,50)32-19-11-8-12-20-32)26-25-36(44)35-28-31(53-38(35)39(44)46)18-17-27-52-56(43(4,5)6,33-21-13-9-14-22-33)34-23-15-10-16-24-34/h8-16,19-24,28,36-37,39H,17-18,25-27,29-30H2,1-7H3/t36-,37+,39-,44-/m0/s1. The summed E-state index contributed by atoms with van der Waals surface area (Å²) in [6.45, 7) is 13.0. The maximum atomic E-state index is 14.2. The Labute approximate surface area is 332 Å². The van der Waals surface area contributed by atoms with Gasteiger partial charge in [-0.3, -0.25) is 4.90 Å². The second kappa shape index (κ2) is 14.9. The second-order valence-electron chi connectivity index (χ2n) is 17.4. The number of piperidine rings is 1. The highest BCUT2D eigenvalue weighted by molar-refractivity contribution is 7.89. The molecule has 0 radical (unpaired) electrons. The molecule has 10 nitrogen and oxygen atoms in total. The number of sulfonamides is 1. The third kappa shape index (κ3) is 6.92. The molecule has 12 heteroatoms. The van der Waals surface area contributed by atoms with Gasteiger partial charge in [-0.15, -0.1) is 0 Å². The molecule has 2 aliphatic heterocycles. The monoisotopic (exact) mass is 798 g/mol. The molecule has 0 unspecified atom stereocenters. The Morgan fingerprint density at radius 2 is 1.48 bits per heavy atom. The van der Waals surface area contributed by atoms with Crippen LogP contribution in [0.15, 0.2) is 106 Å². The lowest BCUT2D eigenvalue weighted by Gasteiger charge is -2.44. The van der Waals surface area contributed by atoms with Crippen LogP contribution in [-0.4, -0.2) is 76.5 Å². The Bertz CT molecular complexity index is 2110. The summed E-state index contributed by atoms with van der Waals surface area (Å²) in [6, 6.07) is 29.9. The Kier molecular flexibility index (Phi) is 10.7. The fourth-order valence-electron chi connectivity index (χ4n) is 9.59. The Morgan fingerprint density at radius 3 is 2.04 bits per heavy atom. The van der Waals surface area contributed by atoms with Crippen molar-refractivity contribution in [2.24, 2.45) is 5.41 Å². The summed E-state index contributed by atoms with van der Waals surface area (Å²) >= 11 is 0. The summed E-state index contributed by atoms with van der Waals surface area (Å²) in [7, 11) is -5.29. The van der Waals surface area contributed by atoms with Gasteiger partial charge in [0.2, 0.25) is 10.0 Å². The lowest BCUT2D eigenvalue weighted by molar-refractivity contribution is -0.146. The molecule has 4 aromatic rings. The van der Waals surface area contributed by atoms with Gasteiger partial charge >= 0.3 is 12.1 Å². The first-order valence-electron chi connectivity index (χ1n) is 19.6. The second-order valence-corrected chi connectivity index (χ2v) is 23.7. The maximum Gasteiger partial charge on any atom is 0.411 e. The zero-order valence-electron chi connectivity index (χ0n) is 33.5. The average Bonchev–Trinajstić information content (AvgIpc) is 3.80. The van der Waals surface area contributed by atoms with Crippen molar-refractivity contribution >= 4 is 40.8 Å². The molecule has 1 aromatic heterocycles. The molecule has 7 rings (SSSR count). The number of likely N-dealkylation sites (tertiary alicyclic amines) is 1. The normalized spacial score (nSPS) is 22.6. The van der Waals surface area contributed by atoms with E-state index >= 15 is 0 Å². The Hall–Kier alpha value is -4.23. The first kappa shape index (κ1) is 40.0. The predicted molar refractivity (Wildman–Crippen MR) is 217 cm³/mol. The van der Waals surface area contributed by atoms with Crippen molar-refractivity contribution in [3.8, 4) is 0 Å². The number of benzene rings is 3. The van der Waals surface area contributed by atoms with Crippen LogP contribution in [-0.2, 0) is 35.1 Å². The first-order valence-corrected chi connectivity index (χ1v) is 22.9. The first-order chi connectivity index (χ1) is 26.5. The fourth-order valence-corrected chi connectivity index (χ4v) is 15.7. The number of aryl methyl sites for hydroxylation is 1. The molecular weight excluding hydrogens is 745 g/mol. The molecule has 298 valence electrons. The summed E-state index contributed by atoms with van der Waals surface area (Å²) < 4.78 is 54.7. The number of hydrogen-bond donors (Lipinski definition) is 0. The van der Waals surface area contributed by atoms with Gasteiger partial charge in [-0.05, 0) is 85.1 Å². The maximum absolute atomic E-state index is 14.2. The van der Waals surface area contributed by atoms with Crippen molar-refractivity contribution in [2.75, 3.05) is 26.8 Å². The van der Waals surface area contributed by atoms with E-state index in [1.54, 1.807) is 51.1 Å². The number of amides is 1. The molecule has 3 aliphatic rings. The summed E-state index contributed by atoms with van der Waals surface area (Å²) in [5, 5.41) is 2.28. The highest BCUT2D eigenvalue weighted by atomic mass is 32.2. The van der Waals surface area contributed by atoms with E-state index in [0.29, 0.717) is 31.6 Å². The number of nitrogens with zero attached hydrogens (tertiary/aromatic N) is 2. The molecule has 0 saturated carbocycles. The number of carbonyl (C=O) groups excluding carboxylic acids is 2. The Morgan fingerprint density at radius 1 is 0.893 bits per heavy atom. The number of furan rings is 1. The number of methoxy groups -OCH3 is 1. The van der Waals surface area contributed by atoms with Crippen LogP contribution in [0, 0.1) is 5.41 Å². The van der Waals surface area contributed by atoms with Gasteiger partial charge < -0.3 is 18.3 Å². The minimum atomic E-state index is -3.87. The lowest BCUT2D eigenvalue weighted by atomic mass is 9.69. The van der Waals surface area contributed by atoms with Gasteiger partial charge in [0.25, 0.3) is 8.32 Å². The highest BCUT2D eigenvalue weighted by Crippen LogP contribution is 2.67. The van der Waals surface area contributed by atoms with Crippen LogP contribution in [0.2, 0.25) is 5.04 Å². The molecule has 1 amide bonds. The third-order valence-electron chi connectivity index (χ3n) is 11.8. The topological polar surface area (TPSA) is 116 Å². The van der Waals surface area contributed by atoms with Gasteiger partial charge in [-0.2, -0.15) is 4.31 Å².